The monoisotopic (exact) mass is 384 g/mol. The van der Waals surface area contributed by atoms with E-state index in [1.807, 2.05) is 24.3 Å². The summed E-state index contributed by atoms with van der Waals surface area (Å²) in [7, 11) is 0. The number of hydrogen-bond acceptors (Lipinski definition) is 6. The third-order valence-corrected chi connectivity index (χ3v) is 4.12. The molecule has 23 heavy (non-hydrogen) atoms. The molecule has 0 aromatic heterocycles. The summed E-state index contributed by atoms with van der Waals surface area (Å²) in [5.74, 6) is -2.00. The number of carbonyl (C=O) groups is 1. The number of carbonyl (C=O) groups excluding carboxylic acids is 1. The van der Waals surface area contributed by atoms with Gasteiger partial charge in [-0.25, -0.2) is 4.79 Å². The number of hydrogen-bond donors (Lipinski definition) is 1. The number of esters is 1. The van der Waals surface area contributed by atoms with E-state index in [2.05, 4.69) is 15.9 Å². The van der Waals surface area contributed by atoms with Crippen molar-refractivity contribution in [3.05, 3.63) is 45.8 Å². The van der Waals surface area contributed by atoms with Crippen LogP contribution in [0.3, 0.4) is 0 Å². The molecule has 0 saturated carbocycles. The number of aliphatic hydroxyl groups is 1. The third-order valence-electron chi connectivity index (χ3n) is 3.59. The Balaban J connectivity index is 1.72. The van der Waals surface area contributed by atoms with Crippen molar-refractivity contribution in [3.8, 4) is 0 Å². The highest BCUT2D eigenvalue weighted by atomic mass is 79.9. The summed E-state index contributed by atoms with van der Waals surface area (Å²) in [6.07, 6.45) is -1.32. The lowest BCUT2D eigenvalue weighted by molar-refractivity contribution is -0.163. The molecule has 0 radical (unpaired) electrons. The second-order valence-electron chi connectivity index (χ2n) is 5.82. The van der Waals surface area contributed by atoms with Crippen LogP contribution in [0, 0.1) is 0 Å². The standard InChI is InChI=1S/C16H17BrO6/c1-16(2)21-8-11(23-16)13-14(12(18)15(19)22-13)20-7-9-3-5-10(17)6-4-9/h3-6,11,13,18H,7-8H2,1-2H3/t11-,13-/m0/s1. The minimum absolute atomic E-state index is 0.0872. The van der Waals surface area contributed by atoms with E-state index in [1.165, 1.54) is 0 Å². The zero-order valence-electron chi connectivity index (χ0n) is 12.7. The molecule has 1 aromatic rings. The highest BCUT2D eigenvalue weighted by molar-refractivity contribution is 9.10. The molecule has 0 spiro atoms. The van der Waals surface area contributed by atoms with Crippen LogP contribution in [-0.4, -0.2) is 35.7 Å². The molecule has 3 rings (SSSR count). The zero-order chi connectivity index (χ0) is 16.6. The molecule has 124 valence electrons. The molecular formula is C16H17BrO6. The number of rotatable bonds is 4. The lowest BCUT2D eigenvalue weighted by Gasteiger charge is -2.21. The average molecular weight is 385 g/mol. The minimum Gasteiger partial charge on any atom is -0.499 e. The van der Waals surface area contributed by atoms with Gasteiger partial charge in [-0.2, -0.15) is 0 Å². The minimum atomic E-state index is -0.811. The van der Waals surface area contributed by atoms with E-state index in [4.69, 9.17) is 18.9 Å². The van der Waals surface area contributed by atoms with E-state index in [1.54, 1.807) is 13.8 Å². The Morgan fingerprint density at radius 3 is 2.65 bits per heavy atom. The molecule has 2 heterocycles. The van der Waals surface area contributed by atoms with E-state index in [0.717, 1.165) is 10.0 Å². The summed E-state index contributed by atoms with van der Waals surface area (Å²) in [5, 5.41) is 9.92. The smallest absolute Gasteiger partial charge is 0.378 e. The van der Waals surface area contributed by atoms with Crippen LogP contribution in [0.4, 0.5) is 0 Å². The molecule has 0 amide bonds. The van der Waals surface area contributed by atoms with Crippen LogP contribution >= 0.6 is 15.9 Å². The Kier molecular flexibility index (Phi) is 4.35. The van der Waals surface area contributed by atoms with Gasteiger partial charge in [0.2, 0.25) is 5.76 Å². The highest BCUT2D eigenvalue weighted by Crippen LogP contribution is 2.33. The molecule has 1 saturated heterocycles. The summed E-state index contributed by atoms with van der Waals surface area (Å²) >= 11 is 3.36. The maximum Gasteiger partial charge on any atom is 0.378 e. The number of benzene rings is 1. The Labute approximate surface area is 142 Å². The molecule has 6 nitrogen and oxygen atoms in total. The first-order valence-corrected chi connectivity index (χ1v) is 7.98. The van der Waals surface area contributed by atoms with Crippen LogP contribution in [0.1, 0.15) is 19.4 Å². The summed E-state index contributed by atoms with van der Waals surface area (Å²) in [6.45, 7) is 4.01. The molecule has 0 unspecified atom stereocenters. The normalized spacial score (nSPS) is 26.5. The van der Waals surface area contributed by atoms with E-state index < -0.39 is 29.7 Å². The first-order chi connectivity index (χ1) is 10.9. The first kappa shape index (κ1) is 16.3. The van der Waals surface area contributed by atoms with Crippen molar-refractivity contribution >= 4 is 21.9 Å². The van der Waals surface area contributed by atoms with Gasteiger partial charge in [-0.15, -0.1) is 0 Å². The van der Waals surface area contributed by atoms with E-state index in [0.29, 0.717) is 0 Å². The van der Waals surface area contributed by atoms with Crippen molar-refractivity contribution in [3.63, 3.8) is 0 Å². The van der Waals surface area contributed by atoms with Crippen LogP contribution < -0.4 is 0 Å². The molecule has 0 aliphatic carbocycles. The topological polar surface area (TPSA) is 74.2 Å². The first-order valence-electron chi connectivity index (χ1n) is 7.19. The summed E-state index contributed by atoms with van der Waals surface area (Å²) in [4.78, 5) is 11.7. The second kappa shape index (κ2) is 6.14. The molecule has 2 aliphatic rings. The predicted octanol–water partition coefficient (Wildman–Crippen LogP) is 2.81. The average Bonchev–Trinajstić information content (AvgIpc) is 3.00. The maximum absolute atomic E-state index is 11.7. The fraction of sp³-hybridized carbons (Fsp3) is 0.438. The molecule has 7 heteroatoms. The molecular weight excluding hydrogens is 368 g/mol. The SMILES string of the molecule is CC1(C)OC[C@@H]([C@@H]2OC(=O)C(O)=C2OCc2ccc(Br)cc2)O1. The lowest BCUT2D eigenvalue weighted by Crippen LogP contribution is -2.33. The fourth-order valence-corrected chi connectivity index (χ4v) is 2.73. The quantitative estimate of drug-likeness (QED) is 0.804. The van der Waals surface area contributed by atoms with Crippen LogP contribution in [0.5, 0.6) is 0 Å². The van der Waals surface area contributed by atoms with Crippen molar-refractivity contribution in [1.82, 2.24) is 0 Å². The molecule has 2 atom stereocenters. The zero-order valence-corrected chi connectivity index (χ0v) is 14.3. The molecule has 1 fully saturated rings. The maximum atomic E-state index is 11.7. The van der Waals surface area contributed by atoms with E-state index in [9.17, 15) is 9.90 Å². The van der Waals surface area contributed by atoms with Gasteiger partial charge in [-0.05, 0) is 31.5 Å². The Morgan fingerprint density at radius 1 is 1.35 bits per heavy atom. The second-order valence-corrected chi connectivity index (χ2v) is 6.74. The Hall–Kier alpha value is -1.57. The van der Waals surface area contributed by atoms with Gasteiger partial charge in [-0.3, -0.25) is 0 Å². The highest BCUT2D eigenvalue weighted by Gasteiger charge is 2.47. The largest absolute Gasteiger partial charge is 0.499 e. The van der Waals surface area contributed by atoms with Crippen LogP contribution in [-0.2, 0) is 30.3 Å². The number of cyclic esters (lactones) is 1. The number of aliphatic hydroxyl groups excluding tert-OH is 1. The summed E-state index contributed by atoms with van der Waals surface area (Å²) in [6, 6.07) is 7.54. The van der Waals surface area contributed by atoms with Gasteiger partial charge in [-0.1, -0.05) is 28.1 Å². The van der Waals surface area contributed by atoms with Crippen molar-refractivity contribution < 1.29 is 28.8 Å². The van der Waals surface area contributed by atoms with Crippen molar-refractivity contribution in [2.45, 2.75) is 38.4 Å². The predicted molar refractivity (Wildman–Crippen MR) is 83.4 cm³/mol. The fourth-order valence-electron chi connectivity index (χ4n) is 2.46. The number of halogens is 1. The van der Waals surface area contributed by atoms with E-state index in [-0.39, 0.29) is 19.0 Å². The number of ether oxygens (including phenoxy) is 4. The van der Waals surface area contributed by atoms with Crippen molar-refractivity contribution in [2.75, 3.05) is 6.61 Å². The van der Waals surface area contributed by atoms with Crippen LogP contribution in [0.25, 0.3) is 0 Å². The van der Waals surface area contributed by atoms with Crippen LogP contribution in [0.15, 0.2) is 40.3 Å². The molecule has 0 bridgehead atoms. The Bertz CT molecular complexity index is 636. The summed E-state index contributed by atoms with van der Waals surface area (Å²) < 4.78 is 22.9. The van der Waals surface area contributed by atoms with Crippen molar-refractivity contribution in [1.29, 1.82) is 0 Å². The molecule has 1 aromatic carbocycles. The van der Waals surface area contributed by atoms with Gasteiger partial charge < -0.3 is 24.1 Å². The van der Waals surface area contributed by atoms with Crippen molar-refractivity contribution in [2.24, 2.45) is 0 Å². The van der Waals surface area contributed by atoms with Gasteiger partial charge in [0.05, 0.1) is 6.61 Å². The van der Waals surface area contributed by atoms with Gasteiger partial charge in [0, 0.05) is 4.47 Å². The van der Waals surface area contributed by atoms with E-state index >= 15 is 0 Å². The third kappa shape index (κ3) is 3.52. The summed E-state index contributed by atoms with van der Waals surface area (Å²) in [5.41, 5.74) is 0.899. The molecule has 2 aliphatic heterocycles. The van der Waals surface area contributed by atoms with Gasteiger partial charge in [0.15, 0.2) is 17.7 Å². The lowest BCUT2D eigenvalue weighted by atomic mass is 10.1. The van der Waals surface area contributed by atoms with Gasteiger partial charge in [0.25, 0.3) is 0 Å². The Morgan fingerprint density at radius 2 is 2.04 bits per heavy atom. The molecule has 1 N–H and O–H groups in total. The van der Waals surface area contributed by atoms with Crippen LogP contribution in [0.2, 0.25) is 0 Å². The van der Waals surface area contributed by atoms with Gasteiger partial charge >= 0.3 is 5.97 Å². The van der Waals surface area contributed by atoms with Gasteiger partial charge in [0.1, 0.15) is 12.7 Å².